The van der Waals surface area contributed by atoms with Crippen LogP contribution in [0.2, 0.25) is 0 Å². The smallest absolute Gasteiger partial charge is 0.268 e. The molecule has 0 radical (unpaired) electrons. The molecule has 0 saturated heterocycles. The van der Waals surface area contributed by atoms with Crippen molar-refractivity contribution in [2.24, 2.45) is 0 Å². The second-order valence-corrected chi connectivity index (χ2v) is 5.89. The van der Waals surface area contributed by atoms with Crippen LogP contribution >= 0.6 is 0 Å². The summed E-state index contributed by atoms with van der Waals surface area (Å²) in [5.74, 6) is -0.699. The van der Waals surface area contributed by atoms with Crippen LogP contribution in [0.4, 0.5) is 8.78 Å². The first-order chi connectivity index (χ1) is 10.9. The lowest BCUT2D eigenvalue weighted by atomic mass is 10.0. The fraction of sp³-hybridized carbons (Fsp3) is 0.375. The van der Waals surface area contributed by atoms with E-state index in [0.29, 0.717) is 0 Å². The van der Waals surface area contributed by atoms with E-state index in [1.165, 1.54) is 18.2 Å². The van der Waals surface area contributed by atoms with E-state index in [9.17, 15) is 18.4 Å². The number of alkyl halides is 2. The third-order valence-corrected chi connectivity index (χ3v) is 4.07. The maximum Gasteiger partial charge on any atom is 0.268 e. The number of hydrogen-bond acceptors (Lipinski definition) is 3. The van der Waals surface area contributed by atoms with Crippen LogP contribution in [0.1, 0.15) is 37.3 Å². The Bertz CT molecular complexity index is 666. The number of rotatable bonds is 4. The lowest BCUT2D eigenvalue weighted by Gasteiger charge is -2.25. The Balaban J connectivity index is 1.74. The van der Waals surface area contributed by atoms with Crippen molar-refractivity contribution in [1.29, 1.82) is 0 Å². The number of carbonyl (C=O) groups excluding carboxylic acids is 2. The number of hydrogen-bond donors (Lipinski definition) is 3. The van der Waals surface area contributed by atoms with Crippen LogP contribution in [0.15, 0.2) is 36.0 Å². The monoisotopic (exact) mass is 321 g/mol. The lowest BCUT2D eigenvalue weighted by Crippen LogP contribution is -2.50. The Kier molecular flexibility index (Phi) is 3.79. The van der Waals surface area contributed by atoms with E-state index in [2.05, 4.69) is 16.0 Å². The summed E-state index contributed by atoms with van der Waals surface area (Å²) in [5, 5.41) is 8.41. The van der Waals surface area contributed by atoms with Crippen LogP contribution in [0, 0.1) is 0 Å². The number of amides is 2. The first-order valence-electron chi connectivity index (χ1n) is 7.39. The zero-order valence-electron chi connectivity index (χ0n) is 12.5. The molecule has 23 heavy (non-hydrogen) atoms. The minimum atomic E-state index is -2.51. The second kappa shape index (κ2) is 5.64. The predicted molar refractivity (Wildman–Crippen MR) is 79.3 cm³/mol. The molecule has 1 aromatic rings. The average Bonchev–Trinajstić information content (AvgIpc) is 3.27. The van der Waals surface area contributed by atoms with Gasteiger partial charge in [0, 0.05) is 11.6 Å². The molecule has 1 aromatic carbocycles. The molecular weight excluding hydrogens is 304 g/mol. The fourth-order valence-electron chi connectivity index (χ4n) is 2.67. The van der Waals surface area contributed by atoms with Crippen molar-refractivity contribution in [2.45, 2.75) is 37.9 Å². The molecule has 2 amide bonds. The molecule has 0 bridgehead atoms. The van der Waals surface area contributed by atoms with Gasteiger partial charge >= 0.3 is 0 Å². The quantitative estimate of drug-likeness (QED) is 0.790. The molecule has 1 unspecified atom stereocenters. The highest BCUT2D eigenvalue weighted by Gasteiger charge is 2.46. The van der Waals surface area contributed by atoms with E-state index in [1.54, 1.807) is 19.1 Å². The summed E-state index contributed by atoms with van der Waals surface area (Å²) in [6.07, 6.45) is -0.145. The van der Waals surface area contributed by atoms with Gasteiger partial charge in [0.15, 0.2) is 0 Å². The molecule has 1 atom stereocenters. The lowest BCUT2D eigenvalue weighted by molar-refractivity contribution is -0.122. The highest BCUT2D eigenvalue weighted by molar-refractivity contribution is 6.02. The van der Waals surface area contributed by atoms with Crippen molar-refractivity contribution in [1.82, 2.24) is 16.0 Å². The maximum atomic E-state index is 12.6. The van der Waals surface area contributed by atoms with Gasteiger partial charge in [0.2, 0.25) is 5.91 Å². The third kappa shape index (κ3) is 3.18. The van der Waals surface area contributed by atoms with Crippen LogP contribution in [-0.4, -0.2) is 18.0 Å². The molecule has 1 heterocycles. The van der Waals surface area contributed by atoms with Crippen molar-refractivity contribution in [3.05, 3.63) is 47.2 Å². The first-order valence-corrected chi connectivity index (χ1v) is 7.39. The van der Waals surface area contributed by atoms with Gasteiger partial charge in [-0.15, -0.1) is 0 Å². The highest BCUT2D eigenvalue weighted by atomic mass is 19.3. The molecule has 3 N–H and O–H groups in total. The maximum absolute atomic E-state index is 12.6. The van der Waals surface area contributed by atoms with Crippen LogP contribution in [-0.2, 0) is 15.1 Å². The van der Waals surface area contributed by atoms with Gasteiger partial charge in [0.1, 0.15) is 5.70 Å². The Morgan fingerprint density at radius 2 is 1.91 bits per heavy atom. The third-order valence-electron chi connectivity index (χ3n) is 4.07. The van der Waals surface area contributed by atoms with Gasteiger partial charge in [-0.25, -0.2) is 8.78 Å². The topological polar surface area (TPSA) is 70.2 Å². The summed E-state index contributed by atoms with van der Waals surface area (Å²) in [6.45, 7) is 1.73. The van der Waals surface area contributed by atoms with Crippen molar-refractivity contribution < 1.29 is 18.4 Å². The molecule has 1 aliphatic heterocycles. The standard InChI is InChI=1S/C16H17F2N3O2/c1-9-19-12(8-13(22)20-9)15(23)21-16(6-7-16)11-4-2-10(3-5-11)14(17)18/h2-5,8-9,14,19H,6-7H2,1H3,(H,20,22)(H,21,23). The minimum Gasteiger partial charge on any atom is -0.361 e. The van der Waals surface area contributed by atoms with Crippen LogP contribution in [0.3, 0.4) is 0 Å². The highest BCUT2D eigenvalue weighted by Crippen LogP contribution is 2.45. The molecule has 1 saturated carbocycles. The molecule has 2 aliphatic rings. The predicted octanol–water partition coefficient (Wildman–Crippen LogP) is 1.68. The van der Waals surface area contributed by atoms with Gasteiger partial charge in [-0.05, 0) is 25.3 Å². The Hall–Kier alpha value is -2.44. The zero-order valence-corrected chi connectivity index (χ0v) is 12.5. The molecule has 1 fully saturated rings. The number of carbonyl (C=O) groups is 2. The average molecular weight is 321 g/mol. The van der Waals surface area contributed by atoms with Gasteiger partial charge in [0.05, 0.1) is 11.7 Å². The number of nitrogens with one attached hydrogen (secondary N) is 3. The summed E-state index contributed by atoms with van der Waals surface area (Å²) in [6, 6.07) is 5.99. The molecule has 0 aromatic heterocycles. The zero-order chi connectivity index (χ0) is 16.6. The largest absolute Gasteiger partial charge is 0.361 e. The molecule has 5 nitrogen and oxygen atoms in total. The Morgan fingerprint density at radius 3 is 2.43 bits per heavy atom. The number of benzene rings is 1. The van der Waals surface area contributed by atoms with E-state index < -0.39 is 12.0 Å². The van der Waals surface area contributed by atoms with E-state index in [-0.39, 0.29) is 29.2 Å². The summed E-state index contributed by atoms with van der Waals surface area (Å²) in [5.41, 5.74) is 0.427. The summed E-state index contributed by atoms with van der Waals surface area (Å²) < 4.78 is 25.2. The van der Waals surface area contributed by atoms with Gasteiger partial charge < -0.3 is 16.0 Å². The SMILES string of the molecule is CC1NC(=O)C=C(C(=O)NC2(c3ccc(C(F)F)cc3)CC2)N1. The molecule has 7 heteroatoms. The molecular formula is C16H17F2N3O2. The molecule has 0 spiro atoms. The van der Waals surface area contributed by atoms with E-state index in [4.69, 9.17) is 0 Å². The van der Waals surface area contributed by atoms with Crippen molar-refractivity contribution in [3.8, 4) is 0 Å². The van der Waals surface area contributed by atoms with Crippen LogP contribution in [0.5, 0.6) is 0 Å². The van der Waals surface area contributed by atoms with Crippen LogP contribution in [0.25, 0.3) is 0 Å². The Labute approximate surface area is 132 Å². The Morgan fingerprint density at radius 1 is 1.26 bits per heavy atom. The second-order valence-electron chi connectivity index (χ2n) is 5.89. The molecule has 1 aliphatic carbocycles. The van der Waals surface area contributed by atoms with E-state index >= 15 is 0 Å². The van der Waals surface area contributed by atoms with Gasteiger partial charge in [-0.2, -0.15) is 0 Å². The van der Waals surface area contributed by atoms with Gasteiger partial charge in [-0.3, -0.25) is 9.59 Å². The van der Waals surface area contributed by atoms with Crippen molar-refractivity contribution in [2.75, 3.05) is 0 Å². The summed E-state index contributed by atoms with van der Waals surface area (Å²) in [4.78, 5) is 23.8. The number of halogens is 2. The van der Waals surface area contributed by atoms with Gasteiger partial charge in [-0.1, -0.05) is 24.3 Å². The normalized spacial score (nSPS) is 22.0. The van der Waals surface area contributed by atoms with E-state index in [1.807, 2.05) is 0 Å². The van der Waals surface area contributed by atoms with Crippen LogP contribution < -0.4 is 16.0 Å². The molecule has 122 valence electrons. The van der Waals surface area contributed by atoms with Crippen molar-refractivity contribution >= 4 is 11.8 Å². The van der Waals surface area contributed by atoms with Crippen molar-refractivity contribution in [3.63, 3.8) is 0 Å². The summed E-state index contributed by atoms with van der Waals surface area (Å²) >= 11 is 0. The van der Waals surface area contributed by atoms with E-state index in [0.717, 1.165) is 18.4 Å². The summed E-state index contributed by atoms with van der Waals surface area (Å²) in [7, 11) is 0. The fourth-order valence-corrected chi connectivity index (χ4v) is 2.67. The molecule has 3 rings (SSSR count). The first kappa shape index (κ1) is 15.5. The van der Waals surface area contributed by atoms with Gasteiger partial charge in [0.25, 0.3) is 12.3 Å². The minimum absolute atomic E-state index is 0.0435.